The van der Waals surface area contributed by atoms with Gasteiger partial charge >= 0.3 is 0 Å². The van der Waals surface area contributed by atoms with E-state index in [0.29, 0.717) is 19.6 Å². The SMILES string of the molecule is Cl.O=S(=O)(Cc1cccc2cccnc12)N1CCNCC1c1cccnc1. The fourth-order valence-corrected chi connectivity index (χ4v) is 5.18. The molecule has 27 heavy (non-hydrogen) atoms. The van der Waals surface area contributed by atoms with E-state index >= 15 is 0 Å². The number of hydrogen-bond acceptors (Lipinski definition) is 5. The third kappa shape index (κ3) is 4.11. The minimum atomic E-state index is -3.50. The van der Waals surface area contributed by atoms with Gasteiger partial charge in [0.1, 0.15) is 0 Å². The number of halogens is 1. The van der Waals surface area contributed by atoms with Crippen LogP contribution in [0.25, 0.3) is 10.9 Å². The van der Waals surface area contributed by atoms with Crippen LogP contribution in [0.3, 0.4) is 0 Å². The molecule has 0 radical (unpaired) electrons. The van der Waals surface area contributed by atoms with Crippen LogP contribution in [-0.2, 0) is 15.8 Å². The van der Waals surface area contributed by atoms with Gasteiger partial charge in [0, 0.05) is 43.6 Å². The minimum Gasteiger partial charge on any atom is -0.313 e. The molecule has 1 unspecified atom stereocenters. The number of nitrogens with zero attached hydrogens (tertiary/aromatic N) is 3. The van der Waals surface area contributed by atoms with Gasteiger partial charge in [-0.25, -0.2) is 8.42 Å². The number of benzene rings is 1. The third-order valence-electron chi connectivity index (χ3n) is 4.67. The van der Waals surface area contributed by atoms with Crippen molar-refractivity contribution >= 4 is 33.3 Å². The van der Waals surface area contributed by atoms with E-state index in [1.54, 1.807) is 22.9 Å². The maximum absolute atomic E-state index is 13.2. The molecule has 1 aliphatic heterocycles. The average molecular weight is 405 g/mol. The smallest absolute Gasteiger partial charge is 0.219 e. The zero-order valence-corrected chi connectivity index (χ0v) is 16.3. The Morgan fingerprint density at radius 3 is 2.74 bits per heavy atom. The summed E-state index contributed by atoms with van der Waals surface area (Å²) in [5, 5.41) is 4.23. The molecular formula is C19H21ClN4O2S. The summed E-state index contributed by atoms with van der Waals surface area (Å²) >= 11 is 0. The number of rotatable bonds is 4. The molecule has 0 aliphatic carbocycles. The fraction of sp³-hybridized carbons (Fsp3) is 0.263. The van der Waals surface area contributed by atoms with Gasteiger partial charge in [0.05, 0.1) is 17.3 Å². The summed E-state index contributed by atoms with van der Waals surface area (Å²) in [6.45, 7) is 1.67. The van der Waals surface area contributed by atoms with Gasteiger partial charge in [0.25, 0.3) is 0 Å². The Kier molecular flexibility index (Phi) is 6.06. The Morgan fingerprint density at radius 2 is 1.93 bits per heavy atom. The maximum Gasteiger partial charge on any atom is 0.219 e. The molecule has 3 heterocycles. The number of sulfonamides is 1. The number of fused-ring (bicyclic) bond motifs is 1. The maximum atomic E-state index is 13.2. The first kappa shape index (κ1) is 19.7. The van der Waals surface area contributed by atoms with Crippen molar-refractivity contribution in [3.63, 3.8) is 0 Å². The Bertz CT molecular complexity index is 1010. The van der Waals surface area contributed by atoms with Crippen LogP contribution >= 0.6 is 12.4 Å². The Hall–Kier alpha value is -2.06. The van der Waals surface area contributed by atoms with Crippen molar-refractivity contribution in [2.45, 2.75) is 11.8 Å². The summed E-state index contributed by atoms with van der Waals surface area (Å²) in [4.78, 5) is 8.52. The van der Waals surface area contributed by atoms with Crippen molar-refractivity contribution in [2.24, 2.45) is 0 Å². The van der Waals surface area contributed by atoms with Crippen LogP contribution in [0.2, 0.25) is 0 Å². The molecule has 6 nitrogen and oxygen atoms in total. The Morgan fingerprint density at radius 1 is 1.11 bits per heavy atom. The molecule has 2 aromatic heterocycles. The lowest BCUT2D eigenvalue weighted by atomic mass is 10.1. The van der Waals surface area contributed by atoms with E-state index in [2.05, 4.69) is 15.3 Å². The van der Waals surface area contributed by atoms with Crippen molar-refractivity contribution in [3.05, 3.63) is 72.2 Å². The Balaban J connectivity index is 0.00000210. The van der Waals surface area contributed by atoms with E-state index in [9.17, 15) is 8.42 Å². The van der Waals surface area contributed by atoms with Crippen molar-refractivity contribution in [2.75, 3.05) is 19.6 Å². The average Bonchev–Trinajstić information content (AvgIpc) is 2.69. The van der Waals surface area contributed by atoms with Crippen LogP contribution in [0.4, 0.5) is 0 Å². The predicted molar refractivity (Wildman–Crippen MR) is 108 cm³/mol. The standard InChI is InChI=1S/C19H20N4O2S.ClH/c24-26(25,14-17-5-1-4-15-6-3-9-22-19(15)17)23-11-10-21-13-18(23)16-7-2-8-20-12-16;/h1-9,12,18,21H,10-11,13-14H2;1H. The van der Waals surface area contributed by atoms with Gasteiger partial charge < -0.3 is 5.32 Å². The van der Waals surface area contributed by atoms with Gasteiger partial charge in [-0.1, -0.05) is 30.3 Å². The van der Waals surface area contributed by atoms with Gasteiger partial charge in [-0.3, -0.25) is 9.97 Å². The summed E-state index contributed by atoms with van der Waals surface area (Å²) in [6.07, 6.45) is 5.13. The van der Waals surface area contributed by atoms with E-state index in [0.717, 1.165) is 22.0 Å². The van der Waals surface area contributed by atoms with E-state index in [-0.39, 0.29) is 24.2 Å². The predicted octanol–water partition coefficient (Wildman–Crippen LogP) is 2.53. The number of para-hydroxylation sites is 1. The normalized spacial score (nSPS) is 18.1. The van der Waals surface area contributed by atoms with E-state index in [1.165, 1.54) is 0 Å². The van der Waals surface area contributed by atoms with Gasteiger partial charge in [0.15, 0.2) is 0 Å². The van der Waals surface area contributed by atoms with Crippen LogP contribution in [-0.4, -0.2) is 42.3 Å². The molecular weight excluding hydrogens is 384 g/mol. The molecule has 3 aromatic rings. The zero-order chi connectivity index (χ0) is 18.0. The molecule has 0 amide bonds. The highest BCUT2D eigenvalue weighted by Gasteiger charge is 2.33. The van der Waals surface area contributed by atoms with Gasteiger partial charge in [-0.2, -0.15) is 4.31 Å². The highest BCUT2D eigenvalue weighted by molar-refractivity contribution is 7.88. The molecule has 1 aliphatic rings. The number of aromatic nitrogens is 2. The molecule has 1 fully saturated rings. The number of hydrogen-bond donors (Lipinski definition) is 1. The number of piperazine rings is 1. The van der Waals surface area contributed by atoms with Crippen molar-refractivity contribution in [1.82, 2.24) is 19.6 Å². The third-order valence-corrected chi connectivity index (χ3v) is 6.50. The first-order valence-corrected chi connectivity index (χ1v) is 10.2. The van der Waals surface area contributed by atoms with Gasteiger partial charge in [-0.15, -0.1) is 12.4 Å². The molecule has 8 heteroatoms. The molecule has 0 bridgehead atoms. The lowest BCUT2D eigenvalue weighted by Gasteiger charge is -2.35. The summed E-state index contributed by atoms with van der Waals surface area (Å²) < 4.78 is 28.1. The second-order valence-electron chi connectivity index (χ2n) is 6.37. The molecule has 4 rings (SSSR count). The van der Waals surface area contributed by atoms with Gasteiger partial charge in [0.2, 0.25) is 10.0 Å². The van der Waals surface area contributed by atoms with E-state index in [4.69, 9.17) is 0 Å². The molecule has 0 spiro atoms. The summed E-state index contributed by atoms with van der Waals surface area (Å²) in [6, 6.07) is 13.0. The number of nitrogens with one attached hydrogen (secondary N) is 1. The molecule has 1 aromatic carbocycles. The summed E-state index contributed by atoms with van der Waals surface area (Å²) in [5.74, 6) is -0.0574. The first-order chi connectivity index (χ1) is 12.6. The fourth-order valence-electron chi connectivity index (χ4n) is 3.44. The molecule has 1 N–H and O–H groups in total. The largest absolute Gasteiger partial charge is 0.313 e. The van der Waals surface area contributed by atoms with Crippen LogP contribution < -0.4 is 5.32 Å². The van der Waals surface area contributed by atoms with Crippen LogP contribution in [0.15, 0.2) is 61.1 Å². The van der Waals surface area contributed by atoms with Crippen molar-refractivity contribution in [3.8, 4) is 0 Å². The molecule has 1 atom stereocenters. The van der Waals surface area contributed by atoms with Crippen molar-refractivity contribution < 1.29 is 8.42 Å². The lowest BCUT2D eigenvalue weighted by molar-refractivity contribution is 0.271. The van der Waals surface area contributed by atoms with Gasteiger partial charge in [-0.05, 0) is 23.3 Å². The van der Waals surface area contributed by atoms with Crippen LogP contribution in [0, 0.1) is 0 Å². The minimum absolute atomic E-state index is 0. The van der Waals surface area contributed by atoms with E-state index < -0.39 is 10.0 Å². The Labute approximate surface area is 165 Å². The topological polar surface area (TPSA) is 75.2 Å². The highest BCUT2D eigenvalue weighted by atomic mass is 35.5. The molecule has 142 valence electrons. The monoisotopic (exact) mass is 404 g/mol. The lowest BCUT2D eigenvalue weighted by Crippen LogP contribution is -2.49. The summed E-state index contributed by atoms with van der Waals surface area (Å²) in [5.41, 5.74) is 2.37. The summed E-state index contributed by atoms with van der Waals surface area (Å²) in [7, 11) is -3.50. The second kappa shape index (κ2) is 8.31. The molecule has 1 saturated heterocycles. The van der Waals surface area contributed by atoms with Crippen LogP contribution in [0.1, 0.15) is 17.2 Å². The van der Waals surface area contributed by atoms with Crippen LogP contribution in [0.5, 0.6) is 0 Å². The molecule has 0 saturated carbocycles. The van der Waals surface area contributed by atoms with E-state index in [1.807, 2.05) is 42.5 Å². The quantitative estimate of drug-likeness (QED) is 0.723. The number of pyridine rings is 2. The second-order valence-corrected chi connectivity index (χ2v) is 8.29. The van der Waals surface area contributed by atoms with Crippen molar-refractivity contribution in [1.29, 1.82) is 0 Å². The first-order valence-electron chi connectivity index (χ1n) is 8.58. The zero-order valence-electron chi connectivity index (χ0n) is 14.7. The highest BCUT2D eigenvalue weighted by Crippen LogP contribution is 2.27.